The third kappa shape index (κ3) is 3.99. The van der Waals surface area contributed by atoms with Gasteiger partial charge < -0.3 is 9.84 Å². The molecule has 0 aliphatic carbocycles. The maximum atomic E-state index is 13.4. The van der Waals surface area contributed by atoms with Gasteiger partial charge in [-0.25, -0.2) is 4.39 Å². The fraction of sp³-hybridized carbons (Fsp3) is 0.154. The van der Waals surface area contributed by atoms with Gasteiger partial charge in [-0.1, -0.05) is 30.3 Å². The number of hydrogen-bond acceptors (Lipinski definition) is 4. The molecule has 1 amide bonds. The van der Waals surface area contributed by atoms with Crippen molar-refractivity contribution in [3.05, 3.63) is 101 Å². The molecule has 1 aliphatic rings. The Morgan fingerprint density at radius 3 is 2.31 bits per heavy atom. The third-order valence-electron chi connectivity index (χ3n) is 5.14. The van der Waals surface area contributed by atoms with Gasteiger partial charge in [0.2, 0.25) is 0 Å². The molecule has 1 heterocycles. The van der Waals surface area contributed by atoms with E-state index in [1.807, 2.05) is 19.9 Å². The van der Waals surface area contributed by atoms with Gasteiger partial charge in [0, 0.05) is 11.3 Å². The van der Waals surface area contributed by atoms with E-state index < -0.39 is 23.5 Å². The summed E-state index contributed by atoms with van der Waals surface area (Å²) in [6.45, 7) is 3.80. The van der Waals surface area contributed by atoms with Crippen LogP contribution in [0.5, 0.6) is 5.75 Å². The van der Waals surface area contributed by atoms with Crippen molar-refractivity contribution in [2.45, 2.75) is 26.0 Å². The predicted octanol–water partition coefficient (Wildman–Crippen LogP) is 5.24. The Hall–Kier alpha value is -3.93. The van der Waals surface area contributed by atoms with Crippen LogP contribution in [0.4, 0.5) is 10.1 Å². The number of hydrogen-bond donors (Lipinski definition) is 1. The summed E-state index contributed by atoms with van der Waals surface area (Å²) in [5, 5.41) is 11.0. The second kappa shape index (κ2) is 8.67. The number of aliphatic hydroxyl groups is 1. The van der Waals surface area contributed by atoms with Crippen molar-refractivity contribution in [1.29, 1.82) is 0 Å². The van der Waals surface area contributed by atoms with Crippen LogP contribution >= 0.6 is 0 Å². The summed E-state index contributed by atoms with van der Waals surface area (Å²) in [6.07, 6.45) is -0.0649. The highest BCUT2D eigenvalue weighted by molar-refractivity contribution is 6.51. The van der Waals surface area contributed by atoms with Gasteiger partial charge >= 0.3 is 0 Å². The van der Waals surface area contributed by atoms with E-state index in [1.54, 1.807) is 48.5 Å². The lowest BCUT2D eigenvalue weighted by Gasteiger charge is -2.26. The molecule has 0 radical (unpaired) electrons. The SMILES string of the molecule is CC(C)Oc1cccc(C2/C(=C(/O)c3ccc(F)cc3)C(=O)C(=O)N2c2ccccc2)c1. The largest absolute Gasteiger partial charge is 0.507 e. The molecule has 1 fully saturated rings. The van der Waals surface area contributed by atoms with Crippen LogP contribution in [0.2, 0.25) is 0 Å². The fourth-order valence-electron chi connectivity index (χ4n) is 3.80. The topological polar surface area (TPSA) is 66.8 Å². The standard InChI is InChI=1S/C26H22FNO4/c1-16(2)32-21-10-6-7-18(15-21)23-22(24(29)17-11-13-19(27)14-12-17)25(30)26(31)28(23)20-8-4-3-5-9-20/h3-16,23,29H,1-2H3/b24-22-. The molecule has 32 heavy (non-hydrogen) atoms. The van der Waals surface area contributed by atoms with Crippen LogP contribution in [0.3, 0.4) is 0 Å². The van der Waals surface area contributed by atoms with E-state index in [-0.39, 0.29) is 23.0 Å². The van der Waals surface area contributed by atoms with Gasteiger partial charge in [0.25, 0.3) is 11.7 Å². The number of carbonyl (C=O) groups excluding carboxylic acids is 2. The van der Waals surface area contributed by atoms with Crippen molar-refractivity contribution < 1.29 is 23.8 Å². The van der Waals surface area contributed by atoms with Crippen LogP contribution in [0, 0.1) is 5.82 Å². The molecule has 1 atom stereocenters. The van der Waals surface area contributed by atoms with Crippen LogP contribution in [-0.2, 0) is 9.59 Å². The lowest BCUT2D eigenvalue weighted by Crippen LogP contribution is -2.29. The molecule has 1 unspecified atom stereocenters. The van der Waals surface area contributed by atoms with Crippen LogP contribution in [0.1, 0.15) is 31.0 Å². The normalized spacial score (nSPS) is 17.8. The third-order valence-corrected chi connectivity index (χ3v) is 5.14. The number of rotatable bonds is 5. The molecule has 0 spiro atoms. The summed E-state index contributed by atoms with van der Waals surface area (Å²) >= 11 is 0. The predicted molar refractivity (Wildman–Crippen MR) is 120 cm³/mol. The van der Waals surface area contributed by atoms with Crippen LogP contribution in [0.25, 0.3) is 5.76 Å². The number of anilines is 1. The number of ether oxygens (including phenoxy) is 1. The Kier molecular flexibility index (Phi) is 5.77. The monoisotopic (exact) mass is 431 g/mol. The van der Waals surface area contributed by atoms with Crippen LogP contribution in [-0.4, -0.2) is 22.9 Å². The van der Waals surface area contributed by atoms with E-state index in [4.69, 9.17) is 4.74 Å². The highest BCUT2D eigenvalue weighted by Gasteiger charge is 2.47. The number of aliphatic hydroxyl groups excluding tert-OH is 1. The first-order chi connectivity index (χ1) is 15.4. The molecule has 0 aromatic heterocycles. The lowest BCUT2D eigenvalue weighted by molar-refractivity contribution is -0.132. The smallest absolute Gasteiger partial charge is 0.300 e. The summed E-state index contributed by atoms with van der Waals surface area (Å²) < 4.78 is 19.2. The van der Waals surface area contributed by atoms with E-state index in [0.717, 1.165) is 0 Å². The molecule has 3 aromatic carbocycles. The van der Waals surface area contributed by atoms with Crippen molar-refractivity contribution in [1.82, 2.24) is 0 Å². The molecule has 6 heteroatoms. The van der Waals surface area contributed by atoms with Crippen LogP contribution < -0.4 is 9.64 Å². The second-order valence-electron chi connectivity index (χ2n) is 7.75. The molecule has 5 nitrogen and oxygen atoms in total. The molecule has 162 valence electrons. The van der Waals surface area contributed by atoms with E-state index in [9.17, 15) is 19.1 Å². The van der Waals surface area contributed by atoms with Crippen molar-refractivity contribution in [2.75, 3.05) is 4.90 Å². The number of halogens is 1. The number of ketones is 1. The van der Waals surface area contributed by atoms with Gasteiger partial charge in [0.15, 0.2) is 0 Å². The number of nitrogens with zero attached hydrogens (tertiary/aromatic N) is 1. The van der Waals surface area contributed by atoms with Crippen molar-refractivity contribution in [2.24, 2.45) is 0 Å². The van der Waals surface area contributed by atoms with Crippen molar-refractivity contribution in [3.63, 3.8) is 0 Å². The summed E-state index contributed by atoms with van der Waals surface area (Å²) in [4.78, 5) is 27.6. The van der Waals surface area contributed by atoms with Crippen LogP contribution in [0.15, 0.2) is 84.4 Å². The van der Waals surface area contributed by atoms with E-state index >= 15 is 0 Å². The van der Waals surface area contributed by atoms with E-state index in [0.29, 0.717) is 17.0 Å². The molecular formula is C26H22FNO4. The highest BCUT2D eigenvalue weighted by atomic mass is 19.1. The highest BCUT2D eigenvalue weighted by Crippen LogP contribution is 2.42. The van der Waals surface area contributed by atoms with Gasteiger partial charge in [0.1, 0.15) is 17.3 Å². The first kappa shape index (κ1) is 21.3. The zero-order valence-corrected chi connectivity index (χ0v) is 17.7. The molecule has 3 aromatic rings. The summed E-state index contributed by atoms with van der Waals surface area (Å²) in [5.74, 6) is -1.81. The number of benzene rings is 3. The van der Waals surface area contributed by atoms with Gasteiger partial charge in [-0.2, -0.15) is 0 Å². The van der Waals surface area contributed by atoms with E-state index in [2.05, 4.69) is 0 Å². The minimum Gasteiger partial charge on any atom is -0.507 e. The van der Waals surface area contributed by atoms with Crippen molar-refractivity contribution >= 4 is 23.1 Å². The maximum Gasteiger partial charge on any atom is 0.300 e. The maximum absolute atomic E-state index is 13.4. The fourth-order valence-corrected chi connectivity index (χ4v) is 3.80. The Labute approximate surface area is 185 Å². The van der Waals surface area contributed by atoms with Gasteiger partial charge in [-0.05, 0) is 67.9 Å². The average molecular weight is 431 g/mol. The van der Waals surface area contributed by atoms with Gasteiger partial charge in [0.05, 0.1) is 17.7 Å². The minimum absolute atomic E-state index is 0.0628. The molecule has 0 bridgehead atoms. The molecule has 1 N–H and O–H groups in total. The zero-order chi connectivity index (χ0) is 22.8. The Morgan fingerprint density at radius 1 is 0.969 bits per heavy atom. The Morgan fingerprint density at radius 2 is 1.66 bits per heavy atom. The molecular weight excluding hydrogens is 409 g/mol. The van der Waals surface area contributed by atoms with Gasteiger partial charge in [-0.3, -0.25) is 14.5 Å². The number of Topliss-reactive ketones (excluding diaryl/α,β-unsaturated/α-hetero) is 1. The number of carbonyl (C=O) groups is 2. The minimum atomic E-state index is -0.877. The first-order valence-corrected chi connectivity index (χ1v) is 10.3. The van der Waals surface area contributed by atoms with E-state index in [1.165, 1.54) is 29.2 Å². The molecule has 1 aliphatic heterocycles. The summed E-state index contributed by atoms with van der Waals surface area (Å²) in [7, 11) is 0. The van der Waals surface area contributed by atoms with Gasteiger partial charge in [-0.15, -0.1) is 0 Å². The Bertz CT molecular complexity index is 1190. The molecule has 4 rings (SSSR count). The zero-order valence-electron chi connectivity index (χ0n) is 17.7. The Balaban J connectivity index is 1.92. The van der Waals surface area contributed by atoms with Crippen molar-refractivity contribution in [3.8, 4) is 5.75 Å². The first-order valence-electron chi connectivity index (χ1n) is 10.3. The molecule has 1 saturated heterocycles. The lowest BCUT2D eigenvalue weighted by atomic mass is 9.95. The summed E-state index contributed by atoms with van der Waals surface area (Å²) in [6, 6.07) is 20.1. The quantitative estimate of drug-likeness (QED) is 0.341. The molecule has 0 saturated carbocycles. The number of para-hydroxylation sites is 1. The average Bonchev–Trinajstić information content (AvgIpc) is 3.05. The second-order valence-corrected chi connectivity index (χ2v) is 7.75. The number of amides is 1. The summed E-state index contributed by atoms with van der Waals surface area (Å²) in [5.41, 5.74) is 1.31.